The van der Waals surface area contributed by atoms with Crippen LogP contribution in [0.25, 0.3) is 20.8 Å². The summed E-state index contributed by atoms with van der Waals surface area (Å²) in [5.41, 5.74) is 3.87. The number of anilines is 1. The van der Waals surface area contributed by atoms with E-state index in [1.807, 2.05) is 30.3 Å². The second-order valence-electron chi connectivity index (χ2n) is 8.57. The van der Waals surface area contributed by atoms with Gasteiger partial charge in [-0.3, -0.25) is 4.79 Å². The fourth-order valence-corrected chi connectivity index (χ4v) is 6.83. The highest BCUT2D eigenvalue weighted by Crippen LogP contribution is 2.31. The first-order valence-electron chi connectivity index (χ1n) is 11.2. The van der Waals surface area contributed by atoms with Crippen molar-refractivity contribution in [1.82, 2.24) is 9.29 Å². The molecule has 1 saturated heterocycles. The van der Waals surface area contributed by atoms with E-state index >= 15 is 0 Å². The van der Waals surface area contributed by atoms with E-state index in [-0.39, 0.29) is 23.3 Å². The van der Waals surface area contributed by atoms with Gasteiger partial charge in [0.25, 0.3) is 0 Å². The van der Waals surface area contributed by atoms with E-state index < -0.39 is 10.0 Å². The van der Waals surface area contributed by atoms with Gasteiger partial charge in [-0.1, -0.05) is 24.3 Å². The summed E-state index contributed by atoms with van der Waals surface area (Å²) in [6.45, 7) is 2.68. The van der Waals surface area contributed by atoms with Gasteiger partial charge in [-0.15, -0.1) is 11.3 Å². The maximum atomic E-state index is 13.0. The van der Waals surface area contributed by atoms with Crippen molar-refractivity contribution in [2.45, 2.75) is 24.7 Å². The molecule has 5 rings (SSSR count). The molecule has 1 atom stereocenters. The van der Waals surface area contributed by atoms with Crippen LogP contribution in [0.1, 0.15) is 18.4 Å². The van der Waals surface area contributed by atoms with Crippen LogP contribution < -0.4 is 5.32 Å². The molecule has 1 aliphatic heterocycles. The first-order valence-corrected chi connectivity index (χ1v) is 13.5. The number of amides is 1. The number of benzene rings is 3. The smallest absolute Gasteiger partial charge is 0.243 e. The predicted molar refractivity (Wildman–Crippen MR) is 136 cm³/mol. The topological polar surface area (TPSA) is 79.4 Å². The third-order valence-corrected chi connectivity index (χ3v) is 9.03. The van der Waals surface area contributed by atoms with Gasteiger partial charge >= 0.3 is 0 Å². The zero-order chi connectivity index (χ0) is 23.7. The number of sulfonamides is 1. The molecular weight excluding hydrogens is 466 g/mol. The summed E-state index contributed by atoms with van der Waals surface area (Å²) in [7, 11) is -3.60. The van der Waals surface area contributed by atoms with Crippen molar-refractivity contribution < 1.29 is 13.2 Å². The van der Waals surface area contributed by atoms with E-state index in [0.29, 0.717) is 25.1 Å². The van der Waals surface area contributed by atoms with Crippen LogP contribution in [0.2, 0.25) is 0 Å². The average Bonchev–Trinajstić information content (AvgIpc) is 3.28. The van der Waals surface area contributed by atoms with Crippen molar-refractivity contribution >= 4 is 43.2 Å². The number of aromatic nitrogens is 1. The van der Waals surface area contributed by atoms with E-state index in [2.05, 4.69) is 24.4 Å². The normalized spacial score (nSPS) is 17.0. The van der Waals surface area contributed by atoms with E-state index in [1.54, 1.807) is 41.7 Å². The molecule has 1 amide bonds. The number of nitrogens with one attached hydrogen (secondary N) is 1. The lowest BCUT2D eigenvalue weighted by atomic mass is 9.98. The van der Waals surface area contributed by atoms with Gasteiger partial charge < -0.3 is 5.32 Å². The molecule has 0 aliphatic carbocycles. The van der Waals surface area contributed by atoms with Crippen LogP contribution in [0.15, 0.2) is 77.7 Å². The van der Waals surface area contributed by atoms with Crippen LogP contribution in [0, 0.1) is 12.8 Å². The number of hydrogen-bond donors (Lipinski definition) is 1. The Morgan fingerprint density at radius 2 is 1.82 bits per heavy atom. The van der Waals surface area contributed by atoms with Crippen molar-refractivity contribution in [2.75, 3.05) is 18.4 Å². The number of thiazole rings is 1. The Hall–Kier alpha value is -3.07. The number of rotatable bonds is 5. The standard InChI is InChI=1S/C26H25N3O3S2/c1-18-9-14-23-24(16-18)33-26(28-23)19-10-12-21(13-11-19)27-25(30)20-6-5-15-29(17-20)34(31,32)22-7-3-2-4-8-22/h2-4,7-14,16,20H,5-6,15,17H2,1H3,(H,27,30). The van der Waals surface area contributed by atoms with E-state index in [9.17, 15) is 13.2 Å². The Morgan fingerprint density at radius 1 is 1.06 bits per heavy atom. The maximum absolute atomic E-state index is 13.0. The molecule has 8 heteroatoms. The van der Waals surface area contributed by atoms with Crippen molar-refractivity contribution in [1.29, 1.82) is 0 Å². The SMILES string of the molecule is Cc1ccc2nc(-c3ccc(NC(=O)C4CCCN(S(=O)(=O)c5ccccc5)C4)cc3)sc2c1. The number of carbonyl (C=O) groups excluding carboxylic acids is 1. The fraction of sp³-hybridized carbons (Fsp3) is 0.231. The third kappa shape index (κ3) is 4.61. The lowest BCUT2D eigenvalue weighted by Crippen LogP contribution is -2.43. The highest BCUT2D eigenvalue weighted by Gasteiger charge is 2.33. The number of hydrogen-bond acceptors (Lipinski definition) is 5. The molecule has 1 aromatic heterocycles. The Labute approximate surface area is 203 Å². The van der Waals surface area contributed by atoms with E-state index in [1.165, 1.54) is 9.87 Å². The molecule has 6 nitrogen and oxygen atoms in total. The van der Waals surface area contributed by atoms with Gasteiger partial charge in [-0.05, 0) is 73.9 Å². The minimum Gasteiger partial charge on any atom is -0.326 e. The number of aryl methyl sites for hydroxylation is 1. The Balaban J connectivity index is 1.26. The van der Waals surface area contributed by atoms with Gasteiger partial charge in [-0.2, -0.15) is 4.31 Å². The van der Waals surface area contributed by atoms with Crippen LogP contribution >= 0.6 is 11.3 Å². The van der Waals surface area contributed by atoms with Crippen molar-refractivity contribution in [3.05, 3.63) is 78.4 Å². The Morgan fingerprint density at radius 3 is 2.59 bits per heavy atom. The van der Waals surface area contributed by atoms with E-state index in [4.69, 9.17) is 4.98 Å². The van der Waals surface area contributed by atoms with Crippen LogP contribution in [-0.4, -0.2) is 36.7 Å². The molecule has 174 valence electrons. The largest absolute Gasteiger partial charge is 0.326 e. The van der Waals surface area contributed by atoms with Gasteiger partial charge in [-0.25, -0.2) is 13.4 Å². The first kappa shape index (κ1) is 22.7. The first-order chi connectivity index (χ1) is 16.4. The van der Waals surface area contributed by atoms with E-state index in [0.717, 1.165) is 20.8 Å². The molecule has 0 saturated carbocycles. The second-order valence-corrected chi connectivity index (χ2v) is 11.5. The Bertz CT molecular complexity index is 1430. The molecule has 2 heterocycles. The molecule has 1 fully saturated rings. The quantitative estimate of drug-likeness (QED) is 0.410. The summed E-state index contributed by atoms with van der Waals surface area (Å²) in [4.78, 5) is 17.9. The molecule has 34 heavy (non-hydrogen) atoms. The van der Waals surface area contributed by atoms with Gasteiger partial charge in [0.2, 0.25) is 15.9 Å². The highest BCUT2D eigenvalue weighted by atomic mass is 32.2. The summed E-state index contributed by atoms with van der Waals surface area (Å²) in [5.74, 6) is -0.546. The number of nitrogens with zero attached hydrogens (tertiary/aromatic N) is 2. The molecule has 0 radical (unpaired) electrons. The second kappa shape index (κ2) is 9.29. The molecule has 0 bridgehead atoms. The molecular formula is C26H25N3O3S2. The lowest BCUT2D eigenvalue weighted by Gasteiger charge is -2.31. The lowest BCUT2D eigenvalue weighted by molar-refractivity contribution is -0.120. The zero-order valence-corrected chi connectivity index (χ0v) is 20.4. The van der Waals surface area contributed by atoms with Crippen molar-refractivity contribution in [3.8, 4) is 10.6 Å². The summed E-state index contributed by atoms with van der Waals surface area (Å²) in [5, 5.41) is 3.90. The molecule has 0 spiro atoms. The van der Waals surface area contributed by atoms with Crippen LogP contribution in [0.4, 0.5) is 5.69 Å². The van der Waals surface area contributed by atoms with Crippen LogP contribution in [-0.2, 0) is 14.8 Å². The van der Waals surface area contributed by atoms with Gasteiger partial charge in [0.05, 0.1) is 21.0 Å². The summed E-state index contributed by atoms with van der Waals surface area (Å²) < 4.78 is 28.5. The summed E-state index contributed by atoms with van der Waals surface area (Å²) >= 11 is 1.65. The number of fused-ring (bicyclic) bond motifs is 1. The van der Waals surface area contributed by atoms with Crippen molar-refractivity contribution in [3.63, 3.8) is 0 Å². The molecule has 1 N–H and O–H groups in total. The maximum Gasteiger partial charge on any atom is 0.243 e. The summed E-state index contributed by atoms with van der Waals surface area (Å²) in [6.07, 6.45) is 1.32. The summed E-state index contributed by atoms with van der Waals surface area (Å²) in [6, 6.07) is 22.2. The van der Waals surface area contributed by atoms with Gasteiger partial charge in [0, 0.05) is 24.3 Å². The molecule has 1 unspecified atom stereocenters. The average molecular weight is 492 g/mol. The minimum atomic E-state index is -3.60. The fourth-order valence-electron chi connectivity index (χ4n) is 4.21. The number of piperidine rings is 1. The third-order valence-electron chi connectivity index (χ3n) is 6.08. The molecule has 4 aromatic rings. The highest BCUT2D eigenvalue weighted by molar-refractivity contribution is 7.89. The van der Waals surface area contributed by atoms with Gasteiger partial charge in [0.1, 0.15) is 5.01 Å². The molecule has 1 aliphatic rings. The van der Waals surface area contributed by atoms with Crippen LogP contribution in [0.3, 0.4) is 0 Å². The number of carbonyl (C=O) groups is 1. The predicted octanol–water partition coefficient (Wildman–Crippen LogP) is 5.31. The van der Waals surface area contributed by atoms with Crippen molar-refractivity contribution in [2.24, 2.45) is 5.92 Å². The van der Waals surface area contributed by atoms with Gasteiger partial charge in [0.15, 0.2) is 0 Å². The zero-order valence-electron chi connectivity index (χ0n) is 18.8. The monoisotopic (exact) mass is 491 g/mol. The minimum absolute atomic E-state index is 0.156. The van der Waals surface area contributed by atoms with Crippen LogP contribution in [0.5, 0.6) is 0 Å². The Kier molecular flexibility index (Phi) is 6.20. The molecule has 3 aromatic carbocycles.